The standard InChI is InChI=1S/C15H29N3O2S/c1-3-16-14(17-10-6-12-21(2,19)20)18-11-9-15(13-18)7-4-5-8-15/h3-13H2,1-2H3,(H,16,17). The molecule has 0 radical (unpaired) electrons. The molecule has 6 heteroatoms. The largest absolute Gasteiger partial charge is 0.357 e. The summed E-state index contributed by atoms with van der Waals surface area (Å²) in [4.78, 5) is 6.99. The van der Waals surface area contributed by atoms with Gasteiger partial charge in [-0.2, -0.15) is 0 Å². The monoisotopic (exact) mass is 315 g/mol. The summed E-state index contributed by atoms with van der Waals surface area (Å²) in [5.41, 5.74) is 0.531. The fourth-order valence-electron chi connectivity index (χ4n) is 3.59. The topological polar surface area (TPSA) is 61.8 Å². The number of hydrogen-bond donors (Lipinski definition) is 1. The Bertz CT molecular complexity index is 467. The van der Waals surface area contributed by atoms with E-state index < -0.39 is 9.84 Å². The number of sulfone groups is 1. The Hall–Kier alpha value is -0.780. The smallest absolute Gasteiger partial charge is 0.193 e. The van der Waals surface area contributed by atoms with E-state index in [1.54, 1.807) is 0 Å². The van der Waals surface area contributed by atoms with Crippen LogP contribution < -0.4 is 5.32 Å². The zero-order chi connectivity index (χ0) is 15.3. The number of hydrogen-bond acceptors (Lipinski definition) is 3. The van der Waals surface area contributed by atoms with Crippen molar-refractivity contribution >= 4 is 15.8 Å². The third kappa shape index (κ3) is 4.87. The van der Waals surface area contributed by atoms with Gasteiger partial charge in [-0.3, -0.25) is 4.99 Å². The Morgan fingerprint density at radius 2 is 2.00 bits per heavy atom. The second-order valence-corrected chi connectivity index (χ2v) is 8.86. The van der Waals surface area contributed by atoms with Gasteiger partial charge in [0.15, 0.2) is 5.96 Å². The van der Waals surface area contributed by atoms with Crippen LogP contribution in [0.3, 0.4) is 0 Å². The summed E-state index contributed by atoms with van der Waals surface area (Å²) in [6, 6.07) is 0. The second kappa shape index (κ2) is 6.99. The van der Waals surface area contributed by atoms with E-state index in [0.29, 0.717) is 18.4 Å². The van der Waals surface area contributed by atoms with E-state index in [4.69, 9.17) is 0 Å². The lowest BCUT2D eigenvalue weighted by atomic mass is 9.86. The molecule has 1 aliphatic carbocycles. The summed E-state index contributed by atoms with van der Waals surface area (Å²) >= 11 is 0. The van der Waals surface area contributed by atoms with Gasteiger partial charge in [0.1, 0.15) is 9.84 Å². The highest BCUT2D eigenvalue weighted by atomic mass is 32.2. The fraction of sp³-hybridized carbons (Fsp3) is 0.933. The van der Waals surface area contributed by atoms with Gasteiger partial charge in [-0.15, -0.1) is 0 Å². The minimum Gasteiger partial charge on any atom is -0.357 e. The lowest BCUT2D eigenvalue weighted by Gasteiger charge is -2.25. The first-order valence-electron chi connectivity index (χ1n) is 8.15. The molecular formula is C15H29N3O2S. The molecule has 1 saturated heterocycles. The average molecular weight is 315 g/mol. The van der Waals surface area contributed by atoms with Gasteiger partial charge in [0.2, 0.25) is 0 Å². The van der Waals surface area contributed by atoms with Crippen LogP contribution in [0.4, 0.5) is 0 Å². The Kier molecular flexibility index (Phi) is 5.52. The predicted octanol–water partition coefficient (Wildman–Crippen LogP) is 1.65. The van der Waals surface area contributed by atoms with Crippen molar-refractivity contribution < 1.29 is 8.42 Å². The molecule has 2 fully saturated rings. The molecule has 2 rings (SSSR count). The molecule has 0 atom stereocenters. The van der Waals surface area contributed by atoms with Crippen LogP contribution in [0, 0.1) is 5.41 Å². The van der Waals surface area contributed by atoms with Crippen LogP contribution in [0.2, 0.25) is 0 Å². The Morgan fingerprint density at radius 1 is 1.29 bits per heavy atom. The van der Waals surface area contributed by atoms with Crippen molar-refractivity contribution in [3.05, 3.63) is 0 Å². The summed E-state index contributed by atoms with van der Waals surface area (Å²) in [5, 5.41) is 3.36. The second-order valence-electron chi connectivity index (χ2n) is 6.60. The van der Waals surface area contributed by atoms with Crippen molar-refractivity contribution in [3.63, 3.8) is 0 Å². The molecule has 0 aromatic rings. The molecule has 0 aromatic carbocycles. The van der Waals surface area contributed by atoms with Gasteiger partial charge in [-0.25, -0.2) is 8.42 Å². The van der Waals surface area contributed by atoms with Gasteiger partial charge in [0.25, 0.3) is 0 Å². The summed E-state index contributed by atoms with van der Waals surface area (Å²) < 4.78 is 22.3. The van der Waals surface area contributed by atoms with Crippen LogP contribution in [0.15, 0.2) is 4.99 Å². The molecule has 122 valence electrons. The third-order valence-electron chi connectivity index (χ3n) is 4.67. The number of aliphatic imine (C=N–C) groups is 1. The van der Waals surface area contributed by atoms with Gasteiger partial charge in [-0.05, 0) is 38.0 Å². The van der Waals surface area contributed by atoms with Gasteiger partial charge in [0, 0.05) is 32.4 Å². The quantitative estimate of drug-likeness (QED) is 0.476. The van der Waals surface area contributed by atoms with E-state index in [2.05, 4.69) is 22.1 Å². The number of nitrogens with one attached hydrogen (secondary N) is 1. The van der Waals surface area contributed by atoms with E-state index in [1.165, 1.54) is 38.4 Å². The Balaban J connectivity index is 1.89. The zero-order valence-electron chi connectivity index (χ0n) is 13.4. The molecule has 0 unspecified atom stereocenters. The highest BCUT2D eigenvalue weighted by Crippen LogP contribution is 2.45. The molecule has 1 N–H and O–H groups in total. The minimum absolute atomic E-state index is 0.222. The molecule has 1 heterocycles. The van der Waals surface area contributed by atoms with Crippen LogP contribution in [-0.4, -0.2) is 57.5 Å². The van der Waals surface area contributed by atoms with Crippen molar-refractivity contribution in [3.8, 4) is 0 Å². The Morgan fingerprint density at radius 3 is 2.62 bits per heavy atom. The van der Waals surface area contributed by atoms with Gasteiger partial charge >= 0.3 is 0 Å². The molecular weight excluding hydrogens is 286 g/mol. The number of guanidine groups is 1. The molecule has 1 saturated carbocycles. The van der Waals surface area contributed by atoms with Crippen molar-refractivity contribution in [2.75, 3.05) is 38.2 Å². The maximum Gasteiger partial charge on any atom is 0.193 e. The van der Waals surface area contributed by atoms with E-state index in [1.807, 2.05) is 0 Å². The molecule has 1 aliphatic heterocycles. The maximum atomic E-state index is 11.2. The molecule has 5 nitrogen and oxygen atoms in total. The van der Waals surface area contributed by atoms with Gasteiger partial charge in [0.05, 0.1) is 5.75 Å². The number of likely N-dealkylation sites (tertiary alicyclic amines) is 1. The van der Waals surface area contributed by atoms with Crippen LogP contribution in [0.25, 0.3) is 0 Å². The first kappa shape index (κ1) is 16.6. The molecule has 2 aliphatic rings. The molecule has 21 heavy (non-hydrogen) atoms. The summed E-state index contributed by atoms with van der Waals surface area (Å²) in [5.74, 6) is 1.19. The normalized spacial score (nSPS) is 22.2. The van der Waals surface area contributed by atoms with Crippen molar-refractivity contribution in [1.82, 2.24) is 10.2 Å². The highest BCUT2D eigenvalue weighted by molar-refractivity contribution is 7.90. The number of nitrogens with zero attached hydrogens (tertiary/aromatic N) is 2. The SMILES string of the molecule is CCNC(=NCCCS(C)(=O)=O)N1CCC2(CCCC2)C1. The molecule has 1 spiro atoms. The highest BCUT2D eigenvalue weighted by Gasteiger charge is 2.40. The minimum atomic E-state index is -2.87. The summed E-state index contributed by atoms with van der Waals surface area (Å²) in [6.45, 7) is 5.71. The zero-order valence-corrected chi connectivity index (χ0v) is 14.2. The Labute approximate surface area is 129 Å². The van der Waals surface area contributed by atoms with Gasteiger partial charge in [-0.1, -0.05) is 12.8 Å². The molecule has 0 amide bonds. The molecule has 0 aromatic heterocycles. The third-order valence-corrected chi connectivity index (χ3v) is 5.70. The average Bonchev–Trinajstić information content (AvgIpc) is 3.03. The van der Waals surface area contributed by atoms with Gasteiger partial charge < -0.3 is 10.2 Å². The predicted molar refractivity (Wildman–Crippen MR) is 87.4 cm³/mol. The van der Waals surface area contributed by atoms with E-state index in [-0.39, 0.29) is 5.75 Å². The maximum absolute atomic E-state index is 11.2. The van der Waals surface area contributed by atoms with Crippen molar-refractivity contribution in [2.45, 2.75) is 45.4 Å². The first-order valence-corrected chi connectivity index (χ1v) is 10.2. The summed E-state index contributed by atoms with van der Waals surface area (Å²) in [7, 11) is -2.87. The lowest BCUT2D eigenvalue weighted by molar-refractivity contribution is 0.309. The van der Waals surface area contributed by atoms with Crippen LogP contribution >= 0.6 is 0 Å². The fourth-order valence-corrected chi connectivity index (χ4v) is 4.24. The van der Waals surface area contributed by atoms with E-state index in [9.17, 15) is 8.42 Å². The lowest BCUT2D eigenvalue weighted by Crippen LogP contribution is -2.41. The van der Waals surface area contributed by atoms with Crippen LogP contribution in [0.1, 0.15) is 45.4 Å². The molecule has 0 bridgehead atoms. The number of rotatable bonds is 5. The summed E-state index contributed by atoms with van der Waals surface area (Å²) in [6.07, 6.45) is 8.62. The van der Waals surface area contributed by atoms with Crippen molar-refractivity contribution in [1.29, 1.82) is 0 Å². The van der Waals surface area contributed by atoms with E-state index >= 15 is 0 Å². The first-order chi connectivity index (χ1) is 9.94. The van der Waals surface area contributed by atoms with Crippen LogP contribution in [-0.2, 0) is 9.84 Å². The van der Waals surface area contributed by atoms with Crippen LogP contribution in [0.5, 0.6) is 0 Å². The van der Waals surface area contributed by atoms with E-state index in [0.717, 1.165) is 25.6 Å². The van der Waals surface area contributed by atoms with Crippen molar-refractivity contribution in [2.24, 2.45) is 10.4 Å².